The fourth-order valence-corrected chi connectivity index (χ4v) is 2.36. The Morgan fingerprint density at radius 1 is 1.31 bits per heavy atom. The smallest absolute Gasteiger partial charge is 0.0678 e. The Bertz CT molecular complexity index is 344. The lowest BCUT2D eigenvalue weighted by atomic mass is 10.1. The number of rotatable bonds is 2. The second-order valence-corrected chi connectivity index (χ2v) is 4.70. The second kappa shape index (κ2) is 4.85. The Morgan fingerprint density at radius 3 is 2.62 bits per heavy atom. The van der Waals surface area contributed by atoms with Gasteiger partial charge >= 0.3 is 0 Å². The summed E-state index contributed by atoms with van der Waals surface area (Å²) in [5.74, 6) is 0. The Hall–Kier alpha value is -1.06. The van der Waals surface area contributed by atoms with Crippen LogP contribution >= 0.6 is 0 Å². The van der Waals surface area contributed by atoms with E-state index in [9.17, 15) is 0 Å². The maximum atomic E-state index is 5.78. The second-order valence-electron chi connectivity index (χ2n) is 4.70. The lowest BCUT2D eigenvalue weighted by Gasteiger charge is -2.35. The van der Waals surface area contributed by atoms with Crippen LogP contribution in [0.25, 0.3) is 0 Å². The average Bonchev–Trinajstić information content (AvgIpc) is 2.15. The highest BCUT2D eigenvalue weighted by Gasteiger charge is 2.21. The van der Waals surface area contributed by atoms with Gasteiger partial charge in [-0.3, -0.25) is 4.90 Å². The van der Waals surface area contributed by atoms with Crippen LogP contribution in [-0.4, -0.2) is 30.2 Å². The fraction of sp³-hybridized carbons (Fsp3) is 0.538. The van der Waals surface area contributed by atoms with E-state index < -0.39 is 0 Å². The Morgan fingerprint density at radius 2 is 2.00 bits per heavy atom. The highest BCUT2D eigenvalue weighted by Crippen LogP contribution is 2.15. The first-order chi connectivity index (χ1) is 7.63. The largest absolute Gasteiger partial charge is 0.399 e. The molecule has 2 atom stereocenters. The molecule has 0 aliphatic carbocycles. The van der Waals surface area contributed by atoms with Crippen molar-refractivity contribution >= 4 is 5.69 Å². The summed E-state index contributed by atoms with van der Waals surface area (Å²) >= 11 is 0. The van der Waals surface area contributed by atoms with Crippen LogP contribution in [0.4, 0.5) is 5.69 Å². The summed E-state index contributed by atoms with van der Waals surface area (Å²) in [6, 6.07) is 8.11. The van der Waals surface area contributed by atoms with Crippen molar-refractivity contribution in [3.63, 3.8) is 0 Å². The van der Waals surface area contributed by atoms with Crippen molar-refractivity contribution in [2.75, 3.05) is 18.8 Å². The van der Waals surface area contributed by atoms with E-state index in [0.717, 1.165) is 25.3 Å². The molecule has 0 saturated carbocycles. The van der Waals surface area contributed by atoms with Gasteiger partial charge in [-0.15, -0.1) is 0 Å². The number of ether oxygens (including phenoxy) is 1. The summed E-state index contributed by atoms with van der Waals surface area (Å²) in [6.07, 6.45) is 0.648. The van der Waals surface area contributed by atoms with Gasteiger partial charge in [-0.25, -0.2) is 0 Å². The van der Waals surface area contributed by atoms with Crippen LogP contribution in [-0.2, 0) is 11.3 Å². The molecule has 0 radical (unpaired) electrons. The molecule has 0 spiro atoms. The van der Waals surface area contributed by atoms with Crippen LogP contribution in [0.15, 0.2) is 24.3 Å². The summed E-state index contributed by atoms with van der Waals surface area (Å²) in [5.41, 5.74) is 7.89. The minimum absolute atomic E-state index is 0.324. The van der Waals surface area contributed by atoms with Gasteiger partial charge in [-0.2, -0.15) is 0 Å². The van der Waals surface area contributed by atoms with E-state index in [2.05, 4.69) is 24.8 Å². The average molecular weight is 220 g/mol. The van der Waals surface area contributed by atoms with Crippen LogP contribution in [0.5, 0.6) is 0 Å². The van der Waals surface area contributed by atoms with Crippen molar-refractivity contribution in [2.45, 2.75) is 32.6 Å². The first-order valence-corrected chi connectivity index (χ1v) is 5.85. The number of benzene rings is 1. The number of anilines is 1. The maximum absolute atomic E-state index is 5.78. The molecule has 0 aromatic heterocycles. The van der Waals surface area contributed by atoms with Crippen molar-refractivity contribution in [3.05, 3.63) is 29.8 Å². The molecule has 1 heterocycles. The van der Waals surface area contributed by atoms with E-state index in [1.54, 1.807) is 0 Å². The number of hydrogen-bond donors (Lipinski definition) is 1. The molecule has 0 unspecified atom stereocenters. The van der Waals surface area contributed by atoms with Gasteiger partial charge in [0.1, 0.15) is 0 Å². The Kier molecular flexibility index (Phi) is 3.46. The van der Waals surface area contributed by atoms with Crippen molar-refractivity contribution < 1.29 is 4.74 Å². The van der Waals surface area contributed by atoms with E-state index in [1.165, 1.54) is 5.56 Å². The monoisotopic (exact) mass is 220 g/mol. The third kappa shape index (κ3) is 2.97. The topological polar surface area (TPSA) is 38.5 Å². The molecule has 16 heavy (non-hydrogen) atoms. The zero-order chi connectivity index (χ0) is 11.5. The fourth-order valence-electron chi connectivity index (χ4n) is 2.36. The SMILES string of the molecule is C[C@H]1CN(Cc2cccc(N)c2)C[C@H](C)O1. The van der Waals surface area contributed by atoms with E-state index >= 15 is 0 Å². The number of nitrogen functional groups attached to an aromatic ring is 1. The maximum Gasteiger partial charge on any atom is 0.0678 e. The van der Waals surface area contributed by atoms with Crippen LogP contribution in [0.1, 0.15) is 19.4 Å². The van der Waals surface area contributed by atoms with Crippen LogP contribution in [0.2, 0.25) is 0 Å². The third-order valence-electron chi connectivity index (χ3n) is 2.85. The van der Waals surface area contributed by atoms with Gasteiger partial charge in [0.15, 0.2) is 0 Å². The first kappa shape index (κ1) is 11.4. The summed E-state index contributed by atoms with van der Waals surface area (Å²) in [6.45, 7) is 7.21. The van der Waals surface area contributed by atoms with Gasteiger partial charge in [0, 0.05) is 25.3 Å². The normalized spacial score (nSPS) is 26.9. The Labute approximate surface area is 97.2 Å². The van der Waals surface area contributed by atoms with Gasteiger partial charge in [0.25, 0.3) is 0 Å². The van der Waals surface area contributed by atoms with Gasteiger partial charge in [0.05, 0.1) is 12.2 Å². The van der Waals surface area contributed by atoms with Gasteiger partial charge in [-0.1, -0.05) is 12.1 Å². The molecule has 2 N–H and O–H groups in total. The van der Waals surface area contributed by atoms with Crippen molar-refractivity contribution in [2.24, 2.45) is 0 Å². The predicted octanol–water partition coefficient (Wildman–Crippen LogP) is 1.88. The highest BCUT2D eigenvalue weighted by atomic mass is 16.5. The standard InChI is InChI=1S/C13H20N2O/c1-10-7-15(8-11(2)16-10)9-12-4-3-5-13(14)6-12/h3-6,10-11H,7-9,14H2,1-2H3/t10-,11-/m0/s1. The molecular formula is C13H20N2O. The minimum atomic E-state index is 0.324. The molecule has 3 nitrogen and oxygen atoms in total. The van der Waals surface area contributed by atoms with Gasteiger partial charge < -0.3 is 10.5 Å². The summed E-state index contributed by atoms with van der Waals surface area (Å²) < 4.78 is 5.71. The molecule has 1 saturated heterocycles. The zero-order valence-electron chi connectivity index (χ0n) is 10.0. The predicted molar refractivity (Wildman–Crippen MR) is 66.1 cm³/mol. The minimum Gasteiger partial charge on any atom is -0.399 e. The van der Waals surface area contributed by atoms with Crippen molar-refractivity contribution in [1.29, 1.82) is 0 Å². The van der Waals surface area contributed by atoms with Crippen LogP contribution < -0.4 is 5.73 Å². The van der Waals surface area contributed by atoms with E-state index in [-0.39, 0.29) is 0 Å². The summed E-state index contributed by atoms with van der Waals surface area (Å²) in [4.78, 5) is 2.42. The number of nitrogens with two attached hydrogens (primary N) is 1. The molecule has 3 heteroatoms. The molecule has 0 bridgehead atoms. The first-order valence-electron chi connectivity index (χ1n) is 5.85. The van der Waals surface area contributed by atoms with Gasteiger partial charge in [-0.05, 0) is 31.5 Å². The summed E-state index contributed by atoms with van der Waals surface area (Å²) in [5, 5.41) is 0. The summed E-state index contributed by atoms with van der Waals surface area (Å²) in [7, 11) is 0. The molecule has 1 aliphatic heterocycles. The van der Waals surface area contributed by atoms with Crippen molar-refractivity contribution in [3.8, 4) is 0 Å². The van der Waals surface area contributed by atoms with Crippen molar-refractivity contribution in [1.82, 2.24) is 4.90 Å². The lowest BCUT2D eigenvalue weighted by molar-refractivity contribution is -0.0704. The number of morpholine rings is 1. The molecule has 1 aromatic rings. The molecule has 88 valence electrons. The molecule has 2 rings (SSSR count). The Balaban J connectivity index is 1.98. The van der Waals surface area contributed by atoms with E-state index in [0.29, 0.717) is 12.2 Å². The lowest BCUT2D eigenvalue weighted by Crippen LogP contribution is -2.44. The third-order valence-corrected chi connectivity index (χ3v) is 2.85. The quantitative estimate of drug-likeness (QED) is 0.773. The molecule has 1 aromatic carbocycles. The molecule has 1 aliphatic rings. The van der Waals surface area contributed by atoms with Crippen LogP contribution in [0, 0.1) is 0 Å². The van der Waals surface area contributed by atoms with Crippen LogP contribution in [0.3, 0.4) is 0 Å². The molecular weight excluding hydrogens is 200 g/mol. The van der Waals surface area contributed by atoms with Gasteiger partial charge in [0.2, 0.25) is 0 Å². The highest BCUT2D eigenvalue weighted by molar-refractivity contribution is 5.40. The van der Waals surface area contributed by atoms with E-state index in [4.69, 9.17) is 10.5 Å². The zero-order valence-corrected chi connectivity index (χ0v) is 10.0. The number of hydrogen-bond acceptors (Lipinski definition) is 3. The molecule has 0 amide bonds. The number of nitrogens with zero attached hydrogens (tertiary/aromatic N) is 1. The van der Waals surface area contributed by atoms with E-state index in [1.807, 2.05) is 18.2 Å². The molecule has 1 fully saturated rings.